The maximum Gasteiger partial charge on any atom is 0.239 e. The third kappa shape index (κ3) is 3.57. The molecule has 0 aliphatic carbocycles. The molecule has 0 saturated heterocycles. The minimum absolute atomic E-state index is 0.0660. The van der Waals surface area contributed by atoms with E-state index < -0.39 is 0 Å². The molecule has 0 unspecified atom stereocenters. The van der Waals surface area contributed by atoms with Crippen LogP contribution >= 0.6 is 11.6 Å². The van der Waals surface area contributed by atoms with E-state index in [2.05, 4.69) is 22.2 Å². The van der Waals surface area contributed by atoms with Crippen molar-refractivity contribution in [1.29, 1.82) is 0 Å². The van der Waals surface area contributed by atoms with Gasteiger partial charge in [-0.05, 0) is 13.3 Å². The molecule has 0 bridgehead atoms. The van der Waals surface area contributed by atoms with Gasteiger partial charge in [0.05, 0.1) is 6.54 Å². The first-order valence-electron chi connectivity index (χ1n) is 5.94. The van der Waals surface area contributed by atoms with Crippen LogP contribution < -0.4 is 10.2 Å². The fraction of sp³-hybridized carbons (Fsp3) is 0.583. The molecule has 0 saturated carbocycles. The van der Waals surface area contributed by atoms with Crippen molar-refractivity contribution in [3.05, 3.63) is 16.5 Å². The van der Waals surface area contributed by atoms with Crippen molar-refractivity contribution in [3.8, 4) is 0 Å². The summed E-state index contributed by atoms with van der Waals surface area (Å²) in [5, 5.41) is 3.03. The van der Waals surface area contributed by atoms with Gasteiger partial charge in [-0.25, -0.2) is 9.97 Å². The number of aromatic nitrogens is 2. The van der Waals surface area contributed by atoms with Gasteiger partial charge in [0.15, 0.2) is 0 Å². The topological polar surface area (TPSA) is 58.1 Å². The van der Waals surface area contributed by atoms with E-state index in [9.17, 15) is 4.79 Å². The Morgan fingerprint density at radius 2 is 2.11 bits per heavy atom. The van der Waals surface area contributed by atoms with E-state index in [0.29, 0.717) is 16.8 Å². The van der Waals surface area contributed by atoms with E-state index in [1.165, 1.54) is 0 Å². The van der Waals surface area contributed by atoms with Crippen molar-refractivity contribution in [1.82, 2.24) is 15.3 Å². The number of rotatable bonds is 5. The molecule has 0 aliphatic heterocycles. The molecule has 0 radical (unpaired) electrons. The molecule has 0 atom stereocenters. The molecule has 1 rings (SSSR count). The first-order chi connectivity index (χ1) is 8.49. The first kappa shape index (κ1) is 14.7. The summed E-state index contributed by atoms with van der Waals surface area (Å²) in [6, 6.07) is 0. The summed E-state index contributed by atoms with van der Waals surface area (Å²) in [5.74, 6) is 1.36. The van der Waals surface area contributed by atoms with E-state index in [0.717, 1.165) is 18.4 Å². The van der Waals surface area contributed by atoms with Gasteiger partial charge in [0, 0.05) is 26.1 Å². The van der Waals surface area contributed by atoms with Crippen molar-refractivity contribution in [2.45, 2.75) is 26.7 Å². The van der Waals surface area contributed by atoms with E-state index in [1.54, 1.807) is 11.9 Å². The lowest BCUT2D eigenvalue weighted by molar-refractivity contribution is -0.119. The smallest absolute Gasteiger partial charge is 0.239 e. The molecule has 0 aromatic carbocycles. The second-order valence-electron chi connectivity index (χ2n) is 4.16. The first-order valence-corrected chi connectivity index (χ1v) is 6.32. The Hall–Kier alpha value is -1.36. The molecule has 1 amide bonds. The summed E-state index contributed by atoms with van der Waals surface area (Å²) >= 11 is 6.09. The number of amides is 1. The average Bonchev–Trinajstić information content (AvgIpc) is 2.33. The fourth-order valence-electron chi connectivity index (χ4n) is 1.60. The van der Waals surface area contributed by atoms with Crippen LogP contribution in [0.4, 0.5) is 5.82 Å². The Morgan fingerprint density at radius 3 is 2.67 bits per heavy atom. The quantitative estimate of drug-likeness (QED) is 0.826. The molecule has 1 aromatic heterocycles. The van der Waals surface area contributed by atoms with E-state index >= 15 is 0 Å². The Balaban J connectivity index is 3.02. The highest BCUT2D eigenvalue weighted by Gasteiger charge is 2.14. The van der Waals surface area contributed by atoms with E-state index in [-0.39, 0.29) is 12.5 Å². The number of halogens is 1. The Kier molecular flexibility index (Phi) is 5.34. The van der Waals surface area contributed by atoms with Crippen LogP contribution in [-0.4, -0.2) is 36.5 Å². The van der Waals surface area contributed by atoms with Crippen LogP contribution in [0.15, 0.2) is 0 Å². The number of hydrogen-bond acceptors (Lipinski definition) is 4. The van der Waals surface area contributed by atoms with Crippen LogP contribution in [0.1, 0.15) is 24.7 Å². The number of nitrogens with zero attached hydrogens (tertiary/aromatic N) is 3. The number of carbonyl (C=O) groups is 1. The number of anilines is 1. The van der Waals surface area contributed by atoms with Gasteiger partial charge in [-0.15, -0.1) is 0 Å². The molecule has 18 heavy (non-hydrogen) atoms. The zero-order chi connectivity index (χ0) is 13.7. The predicted octanol–water partition coefficient (Wildman–Crippen LogP) is 1.57. The van der Waals surface area contributed by atoms with Crippen LogP contribution in [-0.2, 0) is 11.2 Å². The van der Waals surface area contributed by atoms with Crippen LogP contribution in [0.5, 0.6) is 0 Å². The van der Waals surface area contributed by atoms with Crippen molar-refractivity contribution in [2.75, 3.05) is 25.5 Å². The van der Waals surface area contributed by atoms with Crippen molar-refractivity contribution >= 4 is 23.3 Å². The normalized spacial score (nSPS) is 10.3. The van der Waals surface area contributed by atoms with Crippen LogP contribution in [0, 0.1) is 6.92 Å². The molecule has 0 spiro atoms. The molecular weight excluding hydrogens is 252 g/mol. The van der Waals surface area contributed by atoms with Crippen LogP contribution in [0.25, 0.3) is 0 Å². The fourth-order valence-corrected chi connectivity index (χ4v) is 1.78. The number of aryl methyl sites for hydroxylation is 1. The maximum absolute atomic E-state index is 11.4. The molecule has 1 heterocycles. The molecule has 1 aromatic rings. The molecule has 1 N–H and O–H groups in total. The maximum atomic E-state index is 11.4. The number of carbonyl (C=O) groups excluding carboxylic acids is 1. The van der Waals surface area contributed by atoms with Gasteiger partial charge >= 0.3 is 0 Å². The second kappa shape index (κ2) is 6.54. The Morgan fingerprint density at radius 1 is 1.44 bits per heavy atom. The summed E-state index contributed by atoms with van der Waals surface area (Å²) in [6.45, 7) is 4.16. The molecular formula is C12H19ClN4O. The summed E-state index contributed by atoms with van der Waals surface area (Å²) in [6.07, 6.45) is 1.73. The zero-order valence-electron chi connectivity index (χ0n) is 11.2. The third-order valence-electron chi connectivity index (χ3n) is 2.60. The molecule has 6 heteroatoms. The number of hydrogen-bond donors (Lipinski definition) is 1. The lowest BCUT2D eigenvalue weighted by Gasteiger charge is -2.20. The van der Waals surface area contributed by atoms with Gasteiger partial charge in [-0.2, -0.15) is 0 Å². The monoisotopic (exact) mass is 270 g/mol. The molecule has 0 aliphatic rings. The Labute approximate surface area is 113 Å². The van der Waals surface area contributed by atoms with Crippen LogP contribution in [0.3, 0.4) is 0 Å². The standard InChI is InChI=1S/C12H19ClN4O/c1-5-6-9-15-11(13)8(2)12(16-9)17(4)7-10(18)14-3/h5-7H2,1-4H3,(H,14,18). The van der Waals surface area contributed by atoms with Gasteiger partial charge in [0.2, 0.25) is 5.91 Å². The largest absolute Gasteiger partial charge is 0.358 e. The van der Waals surface area contributed by atoms with Gasteiger partial charge in [0.1, 0.15) is 16.8 Å². The Bertz CT molecular complexity index is 436. The average molecular weight is 271 g/mol. The van der Waals surface area contributed by atoms with Crippen molar-refractivity contribution < 1.29 is 4.79 Å². The summed E-state index contributed by atoms with van der Waals surface area (Å²) in [5.41, 5.74) is 0.794. The SMILES string of the molecule is CCCc1nc(Cl)c(C)c(N(C)CC(=O)NC)n1. The highest BCUT2D eigenvalue weighted by molar-refractivity contribution is 6.30. The molecule has 5 nitrogen and oxygen atoms in total. The highest BCUT2D eigenvalue weighted by Crippen LogP contribution is 2.22. The summed E-state index contributed by atoms with van der Waals surface area (Å²) < 4.78 is 0. The molecule has 0 fully saturated rings. The van der Waals surface area contributed by atoms with Gasteiger partial charge in [0.25, 0.3) is 0 Å². The van der Waals surface area contributed by atoms with Crippen LogP contribution in [0.2, 0.25) is 5.15 Å². The van der Waals surface area contributed by atoms with E-state index in [4.69, 9.17) is 11.6 Å². The number of nitrogens with one attached hydrogen (secondary N) is 1. The van der Waals surface area contributed by atoms with Gasteiger partial charge in [-0.1, -0.05) is 18.5 Å². The van der Waals surface area contributed by atoms with Gasteiger partial charge < -0.3 is 10.2 Å². The lowest BCUT2D eigenvalue weighted by atomic mass is 10.2. The van der Waals surface area contributed by atoms with Gasteiger partial charge in [-0.3, -0.25) is 4.79 Å². The van der Waals surface area contributed by atoms with Crippen molar-refractivity contribution in [3.63, 3.8) is 0 Å². The minimum atomic E-state index is -0.0660. The highest BCUT2D eigenvalue weighted by atomic mass is 35.5. The predicted molar refractivity (Wildman–Crippen MR) is 73.1 cm³/mol. The lowest BCUT2D eigenvalue weighted by Crippen LogP contribution is -2.34. The van der Waals surface area contributed by atoms with Crippen molar-refractivity contribution in [2.24, 2.45) is 0 Å². The summed E-state index contributed by atoms with van der Waals surface area (Å²) in [7, 11) is 3.43. The third-order valence-corrected chi connectivity index (χ3v) is 2.97. The zero-order valence-corrected chi connectivity index (χ0v) is 12.0. The second-order valence-corrected chi connectivity index (χ2v) is 4.52. The summed E-state index contributed by atoms with van der Waals surface area (Å²) in [4.78, 5) is 21.8. The minimum Gasteiger partial charge on any atom is -0.358 e. The van der Waals surface area contributed by atoms with E-state index in [1.807, 2.05) is 14.0 Å². The number of likely N-dealkylation sites (N-methyl/N-ethyl adjacent to an activating group) is 2. The molecule has 100 valence electrons.